The minimum absolute atomic E-state index is 0.0286. The van der Waals surface area contributed by atoms with E-state index in [-0.39, 0.29) is 114 Å². The Morgan fingerprint density at radius 3 is 1.44 bits per heavy atom. The molecule has 1 aliphatic heterocycles. The lowest BCUT2D eigenvalue weighted by Gasteiger charge is -2.35. The summed E-state index contributed by atoms with van der Waals surface area (Å²) in [6.07, 6.45) is -0.813. The molecule has 0 radical (unpaired) electrons. The SMILES string of the molecule is CC[C@H](C)[C@H](NC(=O)[C@H](CCCN=C(N)N)NC(=O)CNC(=O)CNC(=O)[C@@H](C)NC(=O)[C@H](CS)NC(=O)[C@H](CO)NC(=O)[C@@H](N)CO)C(=O)N[C@@H](CC(=O)O)C(=O)N[C@@H](CCCN=C(N)N)C(=O)N[C@H](C(=O)N[C@@H](CS)C(=O)N[C@@H](Cc1ccccc1)C(=O)N(C(=O)C1Cc2ccccc2CN1)[C@H](C=O)CCCN=C(N)N)[C@@H](C)CC. The van der Waals surface area contributed by atoms with E-state index in [1.165, 1.54) is 13.8 Å². The number of fused-ring (bicyclic) bond motifs is 1. The molecule has 30 N–H and O–H groups in total. The van der Waals surface area contributed by atoms with Crippen LogP contribution in [0.3, 0.4) is 0 Å². The normalized spacial score (nSPS) is 15.7. The van der Waals surface area contributed by atoms with Gasteiger partial charge < -0.3 is 129 Å². The summed E-state index contributed by atoms with van der Waals surface area (Å²) in [5.74, 6) is -18.7. The number of imide groups is 1. The van der Waals surface area contributed by atoms with E-state index in [0.717, 1.165) is 16.0 Å². The van der Waals surface area contributed by atoms with E-state index in [4.69, 9.17) is 45.2 Å². The summed E-state index contributed by atoms with van der Waals surface area (Å²) in [7, 11) is 0. The largest absolute Gasteiger partial charge is 0.481 e. The third kappa shape index (κ3) is 35.0. The number of carboxylic acid groups (broad SMARTS) is 1. The van der Waals surface area contributed by atoms with Crippen LogP contribution in [0.25, 0.3) is 0 Å². The first kappa shape index (κ1) is 99.9. The zero-order valence-electron chi connectivity index (χ0n) is 65.9. The third-order valence-corrected chi connectivity index (χ3v) is 19.3. The number of carbonyl (C=O) groups excluding carboxylic acids is 15. The Labute approximate surface area is 687 Å². The van der Waals surface area contributed by atoms with Crippen molar-refractivity contribution in [1.82, 2.24) is 74.0 Å². The molecule has 2 aromatic rings. The van der Waals surface area contributed by atoms with Gasteiger partial charge in [0, 0.05) is 44.1 Å². The lowest BCUT2D eigenvalue weighted by Crippen LogP contribution is -2.63. The molecule has 1 heterocycles. The summed E-state index contributed by atoms with van der Waals surface area (Å²) in [6.45, 7) is 4.50. The molecule has 0 aliphatic carbocycles. The molecular weight excluding hydrogens is 1570 g/mol. The fourth-order valence-electron chi connectivity index (χ4n) is 11.5. The van der Waals surface area contributed by atoms with Crippen molar-refractivity contribution in [1.29, 1.82) is 0 Å². The zero-order chi connectivity index (χ0) is 87.6. The quantitative estimate of drug-likeness (QED) is 0.00961. The van der Waals surface area contributed by atoms with E-state index in [2.05, 4.69) is 109 Å². The van der Waals surface area contributed by atoms with E-state index >= 15 is 4.79 Å². The van der Waals surface area contributed by atoms with E-state index in [1.54, 1.807) is 57.2 Å². The molecule has 0 spiro atoms. The minimum atomic E-state index is -2.00. The van der Waals surface area contributed by atoms with E-state index in [1.807, 2.05) is 18.2 Å². The summed E-state index contributed by atoms with van der Waals surface area (Å²) < 4.78 is 0. The Hall–Kier alpha value is -11.3. The minimum Gasteiger partial charge on any atom is -0.481 e. The van der Waals surface area contributed by atoms with Crippen molar-refractivity contribution in [3.8, 4) is 0 Å². The number of guanidine groups is 3. The lowest BCUT2D eigenvalue weighted by molar-refractivity contribution is -0.153. The van der Waals surface area contributed by atoms with Crippen molar-refractivity contribution in [2.75, 3.05) is 57.4 Å². The van der Waals surface area contributed by atoms with Crippen LogP contribution in [0.2, 0.25) is 0 Å². The third-order valence-electron chi connectivity index (χ3n) is 18.6. The van der Waals surface area contributed by atoms with Gasteiger partial charge in [-0.2, -0.15) is 25.3 Å². The summed E-state index contributed by atoms with van der Waals surface area (Å²) in [5.41, 5.74) is 41.0. The fourth-order valence-corrected chi connectivity index (χ4v) is 12.0. The van der Waals surface area contributed by atoms with Gasteiger partial charge in [-0.3, -0.25) is 91.8 Å². The maximum Gasteiger partial charge on any atom is 0.305 e. The van der Waals surface area contributed by atoms with Crippen molar-refractivity contribution >= 4 is 138 Å². The van der Waals surface area contributed by atoms with Crippen molar-refractivity contribution in [2.24, 2.45) is 66.9 Å². The Morgan fingerprint density at radius 1 is 0.513 bits per heavy atom. The van der Waals surface area contributed by atoms with Gasteiger partial charge in [0.05, 0.1) is 44.8 Å². The molecule has 15 atom stereocenters. The van der Waals surface area contributed by atoms with Crippen molar-refractivity contribution < 1.29 is 92.0 Å². The number of nitrogens with one attached hydrogen (secondary N) is 13. The highest BCUT2D eigenvalue weighted by Crippen LogP contribution is 2.22. The van der Waals surface area contributed by atoms with Gasteiger partial charge in [-0.25, -0.2) is 0 Å². The molecule has 1 unspecified atom stereocenters. The van der Waals surface area contributed by atoms with E-state index < -0.39 is 218 Å². The number of thiol groups is 2. The molecule has 1 aliphatic rings. The first-order valence-corrected chi connectivity index (χ1v) is 39.0. The molecule has 3 rings (SSSR count). The number of carboxylic acids is 1. The molecule has 43 nitrogen and oxygen atoms in total. The maximum atomic E-state index is 15.2. The molecule has 0 saturated carbocycles. The number of hydrogen-bond donors (Lipinski definition) is 25. The second-order valence-corrected chi connectivity index (χ2v) is 28.3. The number of aliphatic imine (C=N–C) groups is 3. The molecule has 648 valence electrons. The Bertz CT molecular complexity index is 3820. The monoisotopic (exact) mass is 1680 g/mol. The molecule has 2 aromatic carbocycles. The van der Waals surface area contributed by atoms with Crippen LogP contribution in [0.1, 0.15) is 109 Å². The van der Waals surface area contributed by atoms with E-state index in [0.29, 0.717) is 11.8 Å². The van der Waals surface area contributed by atoms with Gasteiger partial charge in [0.25, 0.3) is 5.91 Å². The van der Waals surface area contributed by atoms with Gasteiger partial charge in [0.15, 0.2) is 17.9 Å². The van der Waals surface area contributed by atoms with Crippen molar-refractivity contribution in [2.45, 2.75) is 190 Å². The number of aliphatic hydroxyl groups excluding tert-OH is 2. The molecule has 0 aromatic heterocycles. The number of rotatable bonds is 52. The number of aliphatic carboxylic acids is 1. The molecule has 0 bridgehead atoms. The number of carbonyl (C=O) groups is 16. The van der Waals surface area contributed by atoms with Gasteiger partial charge >= 0.3 is 5.97 Å². The van der Waals surface area contributed by atoms with Crippen LogP contribution in [0.15, 0.2) is 69.6 Å². The first-order chi connectivity index (χ1) is 55.5. The van der Waals surface area contributed by atoms with Crippen molar-refractivity contribution in [3.05, 3.63) is 71.3 Å². The summed E-state index contributed by atoms with van der Waals surface area (Å²) in [5, 5.41) is 61.0. The molecule has 0 fully saturated rings. The molecule has 14 amide bonds. The number of hydrogen-bond acceptors (Lipinski definition) is 25. The Kier molecular flexibility index (Phi) is 44.7. The topological polar surface area (TPSA) is 713 Å². The molecule has 117 heavy (non-hydrogen) atoms. The molecule has 45 heteroatoms. The summed E-state index contributed by atoms with van der Waals surface area (Å²) in [6, 6.07) is -3.77. The highest BCUT2D eigenvalue weighted by Gasteiger charge is 2.42. The average Bonchev–Trinajstić information content (AvgIpc) is 0.796. The Balaban J connectivity index is 1.88. The standard InChI is InChI=1S/C72H114N24O19S2/c1-6-37(3)56(94-60(106)45(21-14-24-81-71(76)77)87-54(101)31-84-53(100)30-85-58(104)39(5)86-64(110)51(35-116)92-63(109)50(34-99)91-59(105)44(73)33-98)66(112)89-47(28-55(102)103)62(108)88-46(22-15-25-82-72(78)79)61(107)95-57(38(4)7-2)67(113)93-52(36-117)65(111)90-49(26-40-16-9-8-10-17-40)69(115)96(43(32-97)20-13-23-80-70(74)75)68(114)48-27-41-18-11-12-19-42(41)29-83-48/h8-12,16-19,32,37-39,43-52,56-57,83,98-99,116-117H,6-7,13-15,20-31,33-36,73H2,1-5H3,(H,84,100)(H,85,104)(H,86,110)(H,87,101)(H,88,108)(H,89,112)(H,90,111)(H,91,105)(H,92,109)(H,93,113)(H,94,106)(H,95,107)(H,102,103)(H4,74,75,80)(H4,76,77,81)(H4,78,79,82)/t37-,38-,39+,43-,44-,45-,46-,47-,48?,49-,50-,51-,52-,56-,57-/m0/s1. The summed E-state index contributed by atoms with van der Waals surface area (Å²) in [4.78, 5) is 233. The van der Waals surface area contributed by atoms with Crippen molar-refractivity contribution in [3.63, 3.8) is 0 Å². The second-order valence-electron chi connectivity index (χ2n) is 27.6. The zero-order valence-corrected chi connectivity index (χ0v) is 67.7. The van der Waals surface area contributed by atoms with E-state index in [9.17, 15) is 82.1 Å². The smallest absolute Gasteiger partial charge is 0.305 e. The lowest BCUT2D eigenvalue weighted by atomic mass is 9.94. The van der Waals surface area contributed by atoms with Crippen LogP contribution in [0, 0.1) is 11.8 Å². The van der Waals surface area contributed by atoms with Crippen LogP contribution in [0.5, 0.6) is 0 Å². The number of amides is 14. The number of nitrogens with two attached hydrogens (primary N) is 7. The number of benzene rings is 2. The highest BCUT2D eigenvalue weighted by atomic mass is 32.1. The van der Waals surface area contributed by atoms with Crippen LogP contribution in [-0.4, -0.2) is 269 Å². The average molecular weight is 1680 g/mol. The van der Waals surface area contributed by atoms with Crippen LogP contribution < -0.4 is 109 Å². The molecular formula is C72H114N24O19S2. The van der Waals surface area contributed by atoms with Gasteiger partial charge in [-0.15, -0.1) is 0 Å². The van der Waals surface area contributed by atoms with Crippen LogP contribution >= 0.6 is 25.3 Å². The fraction of sp³-hybridized carbons (Fsp3) is 0.569. The predicted molar refractivity (Wildman–Crippen MR) is 434 cm³/mol. The maximum absolute atomic E-state index is 15.2. The van der Waals surface area contributed by atoms with Gasteiger partial charge in [-0.05, 0) is 80.4 Å². The number of nitrogens with zero attached hydrogens (tertiary/aromatic N) is 4. The van der Waals surface area contributed by atoms with Gasteiger partial charge in [0.2, 0.25) is 76.8 Å². The number of aliphatic hydroxyl groups is 2. The first-order valence-electron chi connectivity index (χ1n) is 37.8. The van der Waals surface area contributed by atoms with Gasteiger partial charge in [-0.1, -0.05) is 95.1 Å². The van der Waals surface area contributed by atoms with Crippen LogP contribution in [0.4, 0.5) is 0 Å². The van der Waals surface area contributed by atoms with Gasteiger partial charge in [0.1, 0.15) is 72.7 Å². The summed E-state index contributed by atoms with van der Waals surface area (Å²) >= 11 is 8.43. The Morgan fingerprint density at radius 2 is 0.949 bits per heavy atom. The number of aldehydes is 1. The predicted octanol–water partition coefficient (Wildman–Crippen LogP) is -9.13. The highest BCUT2D eigenvalue weighted by molar-refractivity contribution is 7.80. The second kappa shape index (κ2) is 52.3. The van der Waals surface area contributed by atoms with Crippen LogP contribution in [-0.2, 0) is 96.1 Å². The molecule has 0 saturated heterocycles.